The van der Waals surface area contributed by atoms with Crippen molar-refractivity contribution in [3.05, 3.63) is 47.8 Å². The van der Waals surface area contributed by atoms with Gasteiger partial charge in [0.25, 0.3) is 0 Å². The average Bonchev–Trinajstić information content (AvgIpc) is 2.96. The monoisotopic (exact) mass is 523 g/mol. The largest absolute Gasteiger partial charge is 0.353 e. The summed E-state index contributed by atoms with van der Waals surface area (Å²) in [5.74, 6) is 4.45. The molecular formula is C35H54FNO. The molecule has 0 atom stereocenters. The molecule has 0 spiro atoms. The van der Waals surface area contributed by atoms with Gasteiger partial charge in [-0.05, 0) is 136 Å². The smallest absolute Gasteiger partial charge is 0.243 e. The zero-order valence-corrected chi connectivity index (χ0v) is 24.2. The summed E-state index contributed by atoms with van der Waals surface area (Å²) in [4.78, 5) is 11.3. The number of amides is 1. The molecule has 3 aliphatic rings. The number of carbonyl (C=O) groups is 1. The minimum absolute atomic E-state index is 0.0543. The standard InChI is InChI=1S/C35H54FNO/c1-3-5-6-8-26-10-14-28(15-11-26)29-18-20-31(21-19-29)33-23-22-32(25-34(33)36)30-16-12-27(13-17-30)9-7-24-37-35(38)4-2/h4,22-23,25-31H,2-3,5-21,24H2,1H3,(H,37,38). The molecule has 0 aliphatic heterocycles. The zero-order valence-electron chi connectivity index (χ0n) is 24.2. The number of carbonyl (C=O) groups excluding carboxylic acids is 1. The van der Waals surface area contributed by atoms with Gasteiger partial charge >= 0.3 is 0 Å². The Labute approximate surface area is 232 Å². The van der Waals surface area contributed by atoms with Crippen molar-refractivity contribution in [3.63, 3.8) is 0 Å². The van der Waals surface area contributed by atoms with Crippen LogP contribution in [-0.2, 0) is 4.79 Å². The number of unbranched alkanes of at least 4 members (excludes halogenated alkanes) is 2. The first-order valence-corrected chi connectivity index (χ1v) is 16.3. The number of halogens is 1. The molecule has 0 unspecified atom stereocenters. The molecule has 38 heavy (non-hydrogen) atoms. The van der Waals surface area contributed by atoms with Crippen LogP contribution in [0.25, 0.3) is 0 Å². The molecule has 0 aromatic heterocycles. The molecule has 2 nitrogen and oxygen atoms in total. The fraction of sp³-hybridized carbons (Fsp3) is 0.743. The lowest BCUT2D eigenvalue weighted by Gasteiger charge is -2.38. The van der Waals surface area contributed by atoms with Crippen molar-refractivity contribution >= 4 is 5.91 Å². The van der Waals surface area contributed by atoms with E-state index in [0.717, 1.165) is 55.0 Å². The van der Waals surface area contributed by atoms with E-state index in [4.69, 9.17) is 0 Å². The van der Waals surface area contributed by atoms with Gasteiger partial charge in [0.05, 0.1) is 0 Å². The van der Waals surface area contributed by atoms with Crippen LogP contribution in [0.5, 0.6) is 0 Å². The van der Waals surface area contributed by atoms with Crippen LogP contribution in [0, 0.1) is 29.5 Å². The van der Waals surface area contributed by atoms with E-state index in [-0.39, 0.29) is 11.7 Å². The lowest BCUT2D eigenvalue weighted by molar-refractivity contribution is -0.116. The fourth-order valence-electron chi connectivity index (χ4n) is 8.12. The molecule has 1 aromatic rings. The van der Waals surface area contributed by atoms with Crippen LogP contribution in [-0.4, -0.2) is 12.5 Å². The van der Waals surface area contributed by atoms with Crippen LogP contribution in [0.2, 0.25) is 0 Å². The highest BCUT2D eigenvalue weighted by Gasteiger charge is 2.32. The maximum atomic E-state index is 15.3. The van der Waals surface area contributed by atoms with E-state index < -0.39 is 0 Å². The Hall–Kier alpha value is -1.64. The normalized spacial score (nSPS) is 30.1. The number of rotatable bonds is 12. The summed E-state index contributed by atoms with van der Waals surface area (Å²) in [6.07, 6.45) is 24.7. The third-order valence-electron chi connectivity index (χ3n) is 10.6. The van der Waals surface area contributed by atoms with Gasteiger partial charge in [-0.25, -0.2) is 4.39 Å². The zero-order chi connectivity index (χ0) is 26.7. The van der Waals surface area contributed by atoms with Gasteiger partial charge in [0.1, 0.15) is 5.82 Å². The molecule has 1 aromatic carbocycles. The molecule has 1 amide bonds. The predicted molar refractivity (Wildman–Crippen MR) is 158 cm³/mol. The van der Waals surface area contributed by atoms with E-state index in [1.54, 1.807) is 0 Å². The Kier molecular flexibility index (Phi) is 11.8. The lowest BCUT2D eigenvalue weighted by Crippen LogP contribution is -2.25. The van der Waals surface area contributed by atoms with Crippen molar-refractivity contribution in [2.75, 3.05) is 6.54 Å². The molecular weight excluding hydrogens is 469 g/mol. The Morgan fingerprint density at radius 3 is 2.03 bits per heavy atom. The minimum atomic E-state index is -0.0809. The second-order valence-corrected chi connectivity index (χ2v) is 13.0. The van der Waals surface area contributed by atoms with E-state index in [9.17, 15) is 4.79 Å². The first kappa shape index (κ1) is 29.3. The molecule has 0 radical (unpaired) electrons. The van der Waals surface area contributed by atoms with E-state index in [1.165, 1.54) is 108 Å². The van der Waals surface area contributed by atoms with Crippen molar-refractivity contribution in [1.29, 1.82) is 0 Å². The second-order valence-electron chi connectivity index (χ2n) is 13.0. The Morgan fingerprint density at radius 2 is 1.42 bits per heavy atom. The predicted octanol–water partition coefficient (Wildman–Crippen LogP) is 9.84. The van der Waals surface area contributed by atoms with Gasteiger partial charge in [-0.15, -0.1) is 0 Å². The summed E-state index contributed by atoms with van der Waals surface area (Å²) in [5, 5.41) is 2.87. The quantitative estimate of drug-likeness (QED) is 0.214. The Morgan fingerprint density at radius 1 is 0.842 bits per heavy atom. The molecule has 3 aliphatic carbocycles. The molecule has 0 bridgehead atoms. The van der Waals surface area contributed by atoms with Crippen molar-refractivity contribution in [2.45, 2.75) is 134 Å². The maximum absolute atomic E-state index is 15.3. The topological polar surface area (TPSA) is 29.1 Å². The highest BCUT2D eigenvalue weighted by Crippen LogP contribution is 2.45. The van der Waals surface area contributed by atoms with Crippen molar-refractivity contribution in [3.8, 4) is 0 Å². The van der Waals surface area contributed by atoms with Crippen LogP contribution in [0.1, 0.15) is 145 Å². The Bertz CT molecular complexity index is 857. The highest BCUT2D eigenvalue weighted by molar-refractivity contribution is 5.86. The van der Waals surface area contributed by atoms with E-state index in [0.29, 0.717) is 11.8 Å². The average molecular weight is 524 g/mol. The van der Waals surface area contributed by atoms with Gasteiger partial charge in [0.2, 0.25) is 5.91 Å². The molecule has 1 N–H and O–H groups in total. The highest BCUT2D eigenvalue weighted by atomic mass is 19.1. The minimum Gasteiger partial charge on any atom is -0.353 e. The summed E-state index contributed by atoms with van der Waals surface area (Å²) < 4.78 is 15.3. The van der Waals surface area contributed by atoms with Gasteiger partial charge < -0.3 is 5.32 Å². The van der Waals surface area contributed by atoms with Gasteiger partial charge in [0.15, 0.2) is 0 Å². The van der Waals surface area contributed by atoms with Crippen LogP contribution in [0.3, 0.4) is 0 Å². The van der Waals surface area contributed by atoms with Crippen LogP contribution in [0.15, 0.2) is 30.9 Å². The summed E-state index contributed by atoms with van der Waals surface area (Å²) >= 11 is 0. The van der Waals surface area contributed by atoms with Gasteiger partial charge in [-0.3, -0.25) is 4.79 Å². The van der Waals surface area contributed by atoms with Gasteiger partial charge in [-0.1, -0.05) is 64.2 Å². The van der Waals surface area contributed by atoms with Crippen LogP contribution >= 0.6 is 0 Å². The summed E-state index contributed by atoms with van der Waals surface area (Å²) in [5.41, 5.74) is 2.20. The first-order valence-electron chi connectivity index (χ1n) is 16.3. The molecule has 0 heterocycles. The maximum Gasteiger partial charge on any atom is 0.243 e. The summed E-state index contributed by atoms with van der Waals surface area (Å²) in [7, 11) is 0. The summed E-state index contributed by atoms with van der Waals surface area (Å²) in [6.45, 7) is 6.54. The first-order chi connectivity index (χ1) is 18.6. The molecule has 3 fully saturated rings. The summed E-state index contributed by atoms with van der Waals surface area (Å²) in [6, 6.07) is 6.28. The van der Waals surface area contributed by atoms with Crippen LogP contribution in [0.4, 0.5) is 4.39 Å². The van der Waals surface area contributed by atoms with Crippen molar-refractivity contribution in [1.82, 2.24) is 5.32 Å². The third-order valence-corrected chi connectivity index (χ3v) is 10.6. The number of hydrogen-bond donors (Lipinski definition) is 1. The molecule has 212 valence electrons. The number of nitrogens with one attached hydrogen (secondary N) is 1. The molecule has 3 heteroatoms. The molecule has 3 saturated carbocycles. The van der Waals surface area contributed by atoms with Gasteiger partial charge in [0, 0.05) is 6.54 Å². The van der Waals surface area contributed by atoms with Crippen molar-refractivity contribution in [2.24, 2.45) is 23.7 Å². The number of benzene rings is 1. The number of hydrogen-bond acceptors (Lipinski definition) is 1. The van der Waals surface area contributed by atoms with E-state index >= 15 is 4.39 Å². The SMILES string of the molecule is C=CC(=O)NCCCC1CCC(c2ccc(C3CCC(C4CCC(CCCCC)CC4)CC3)c(F)c2)CC1. The van der Waals surface area contributed by atoms with E-state index in [1.807, 2.05) is 6.07 Å². The van der Waals surface area contributed by atoms with Crippen molar-refractivity contribution < 1.29 is 9.18 Å². The van der Waals surface area contributed by atoms with Gasteiger partial charge in [-0.2, -0.15) is 0 Å². The Balaban J connectivity index is 1.17. The molecule has 4 rings (SSSR count). The third kappa shape index (κ3) is 8.43. The fourth-order valence-corrected chi connectivity index (χ4v) is 8.12. The second kappa shape index (κ2) is 15.2. The van der Waals surface area contributed by atoms with Crippen LogP contribution < -0.4 is 5.32 Å². The lowest BCUT2D eigenvalue weighted by atomic mass is 9.68. The molecule has 0 saturated heterocycles. The van der Waals surface area contributed by atoms with E-state index in [2.05, 4.69) is 31.0 Å².